The lowest BCUT2D eigenvalue weighted by molar-refractivity contribution is -0.137. The van der Waals surface area contributed by atoms with Crippen molar-refractivity contribution in [3.05, 3.63) is 59.4 Å². The van der Waals surface area contributed by atoms with E-state index in [1.165, 1.54) is 20.2 Å². The van der Waals surface area contributed by atoms with Crippen molar-refractivity contribution in [1.82, 2.24) is 15.0 Å². The van der Waals surface area contributed by atoms with Crippen molar-refractivity contribution in [2.75, 3.05) is 33.1 Å². The van der Waals surface area contributed by atoms with Gasteiger partial charge in [0.15, 0.2) is 0 Å². The van der Waals surface area contributed by atoms with Crippen LogP contribution >= 0.6 is 0 Å². The van der Waals surface area contributed by atoms with Crippen molar-refractivity contribution < 1.29 is 26.4 Å². The lowest BCUT2D eigenvalue weighted by Crippen LogP contribution is -2.30. The van der Waals surface area contributed by atoms with Crippen LogP contribution in [0.1, 0.15) is 23.6 Å². The summed E-state index contributed by atoms with van der Waals surface area (Å²) in [6.45, 7) is 1.29. The quantitative estimate of drug-likeness (QED) is 0.411. The van der Waals surface area contributed by atoms with Gasteiger partial charge in [-0.3, -0.25) is 9.10 Å². The van der Waals surface area contributed by atoms with Gasteiger partial charge >= 0.3 is 6.18 Å². The summed E-state index contributed by atoms with van der Waals surface area (Å²) < 4.78 is 66.6. The minimum absolute atomic E-state index is 0.0865. The Labute approximate surface area is 205 Å². The van der Waals surface area contributed by atoms with Gasteiger partial charge in [0.1, 0.15) is 17.2 Å². The van der Waals surface area contributed by atoms with Gasteiger partial charge in [0, 0.05) is 31.5 Å². The van der Waals surface area contributed by atoms with Gasteiger partial charge in [-0.1, -0.05) is 18.2 Å². The van der Waals surface area contributed by atoms with Gasteiger partial charge in [-0.05, 0) is 24.6 Å². The van der Waals surface area contributed by atoms with E-state index >= 15 is 0 Å². The number of nitrogens with one attached hydrogen (secondary N) is 3. The summed E-state index contributed by atoms with van der Waals surface area (Å²) in [6, 6.07) is 8.22. The average Bonchev–Trinajstić information content (AvgIpc) is 3.23. The van der Waals surface area contributed by atoms with E-state index in [1.807, 2.05) is 0 Å². The van der Waals surface area contributed by atoms with Crippen LogP contribution < -0.4 is 20.3 Å². The standard InChI is InChI=1S/C22H22F3N7O3S/c1-3-36(34,35)32(2)20-14(7-5-9-26-20)11-27-19-15(22(23,24)25)12-28-21(31-19)29-16-8-4-6-13-10-17(33)30-18(13)16/h4-9,12H,3,10-11H2,1-2H3,(H,30,33)(H2,27,28,29,31). The smallest absolute Gasteiger partial charge is 0.365 e. The third-order valence-corrected chi connectivity index (χ3v) is 7.24. The number of nitrogens with zero attached hydrogens (tertiary/aromatic N) is 4. The normalized spacial score (nSPS) is 13.2. The molecule has 1 aromatic carbocycles. The first-order valence-electron chi connectivity index (χ1n) is 10.8. The number of rotatable bonds is 8. The Morgan fingerprint density at radius 3 is 2.67 bits per heavy atom. The van der Waals surface area contributed by atoms with E-state index in [0.717, 1.165) is 9.87 Å². The highest BCUT2D eigenvalue weighted by Gasteiger charge is 2.35. The van der Waals surface area contributed by atoms with E-state index in [2.05, 4.69) is 30.9 Å². The van der Waals surface area contributed by atoms with E-state index in [0.29, 0.717) is 23.1 Å². The predicted molar refractivity (Wildman–Crippen MR) is 129 cm³/mol. The SMILES string of the molecule is CCS(=O)(=O)N(C)c1ncccc1CNc1nc(Nc2cccc3c2NC(=O)C3)ncc1C(F)(F)F. The first-order valence-corrected chi connectivity index (χ1v) is 12.4. The highest BCUT2D eigenvalue weighted by Crippen LogP contribution is 2.36. The number of anilines is 5. The van der Waals surface area contributed by atoms with E-state index in [-0.39, 0.29) is 36.4 Å². The van der Waals surface area contributed by atoms with Gasteiger partial charge in [0.05, 0.1) is 23.5 Å². The summed E-state index contributed by atoms with van der Waals surface area (Å²) in [5.41, 5.74) is 0.942. The zero-order valence-corrected chi connectivity index (χ0v) is 20.0. The molecule has 0 saturated carbocycles. The number of fused-ring (bicyclic) bond motifs is 1. The van der Waals surface area contributed by atoms with E-state index < -0.39 is 27.6 Å². The van der Waals surface area contributed by atoms with Crippen molar-refractivity contribution in [3.8, 4) is 0 Å². The van der Waals surface area contributed by atoms with Crippen LogP contribution in [0.3, 0.4) is 0 Å². The Balaban J connectivity index is 1.64. The molecule has 36 heavy (non-hydrogen) atoms. The number of aromatic nitrogens is 3. The van der Waals surface area contributed by atoms with Crippen LogP contribution in [0.25, 0.3) is 0 Å². The van der Waals surface area contributed by atoms with Gasteiger partial charge in [0.25, 0.3) is 0 Å². The molecule has 0 unspecified atom stereocenters. The summed E-state index contributed by atoms with van der Waals surface area (Å²) in [4.78, 5) is 23.6. The molecule has 2 aromatic heterocycles. The Kier molecular flexibility index (Phi) is 6.71. The summed E-state index contributed by atoms with van der Waals surface area (Å²) >= 11 is 0. The highest BCUT2D eigenvalue weighted by atomic mass is 32.2. The lowest BCUT2D eigenvalue weighted by Gasteiger charge is -2.21. The van der Waals surface area contributed by atoms with Crippen LogP contribution in [0.15, 0.2) is 42.7 Å². The highest BCUT2D eigenvalue weighted by molar-refractivity contribution is 7.92. The zero-order chi connectivity index (χ0) is 26.1. The molecule has 4 rings (SSSR count). The second-order valence-electron chi connectivity index (χ2n) is 7.85. The molecule has 190 valence electrons. The average molecular weight is 522 g/mol. The van der Waals surface area contributed by atoms with Crippen molar-refractivity contribution in [1.29, 1.82) is 0 Å². The molecule has 0 atom stereocenters. The molecule has 0 bridgehead atoms. The third kappa shape index (κ3) is 5.17. The van der Waals surface area contributed by atoms with Crippen LogP contribution in [0.5, 0.6) is 0 Å². The molecular formula is C22H22F3N7O3S. The second-order valence-corrected chi connectivity index (χ2v) is 10.1. The van der Waals surface area contributed by atoms with Crippen LogP contribution in [-0.4, -0.2) is 42.1 Å². The van der Waals surface area contributed by atoms with Crippen molar-refractivity contribution in [2.24, 2.45) is 0 Å². The topological polar surface area (TPSA) is 129 Å². The maximum atomic E-state index is 13.7. The molecule has 0 saturated heterocycles. The molecule has 1 aliphatic heterocycles. The van der Waals surface area contributed by atoms with Gasteiger partial charge in [-0.25, -0.2) is 18.4 Å². The number of hydrogen-bond acceptors (Lipinski definition) is 8. The first-order chi connectivity index (χ1) is 17.0. The van der Waals surface area contributed by atoms with Crippen molar-refractivity contribution in [3.63, 3.8) is 0 Å². The molecule has 3 heterocycles. The molecule has 0 radical (unpaired) electrons. The summed E-state index contributed by atoms with van der Waals surface area (Å²) in [5, 5.41) is 8.20. The number of para-hydroxylation sites is 1. The Morgan fingerprint density at radius 1 is 1.17 bits per heavy atom. The maximum absolute atomic E-state index is 13.7. The Morgan fingerprint density at radius 2 is 1.94 bits per heavy atom. The summed E-state index contributed by atoms with van der Waals surface area (Å²) in [7, 11) is -2.31. The molecule has 14 heteroatoms. The number of amides is 1. The van der Waals surface area contributed by atoms with Gasteiger partial charge in [0.2, 0.25) is 21.9 Å². The predicted octanol–water partition coefficient (Wildman–Crippen LogP) is 3.53. The molecule has 0 fully saturated rings. The first kappa shape index (κ1) is 25.2. The van der Waals surface area contributed by atoms with E-state index in [9.17, 15) is 26.4 Å². The number of sulfonamides is 1. The fourth-order valence-electron chi connectivity index (χ4n) is 3.62. The molecule has 1 aliphatic rings. The number of carbonyl (C=O) groups excluding carboxylic acids is 1. The third-order valence-electron chi connectivity index (χ3n) is 5.50. The van der Waals surface area contributed by atoms with Crippen LogP contribution in [0.4, 0.5) is 42.1 Å². The fraction of sp³-hybridized carbons (Fsp3) is 0.273. The molecule has 10 nitrogen and oxygen atoms in total. The van der Waals surface area contributed by atoms with Crippen molar-refractivity contribution >= 4 is 44.9 Å². The minimum atomic E-state index is -4.75. The summed E-state index contributed by atoms with van der Waals surface area (Å²) in [5.74, 6) is -0.916. The minimum Gasteiger partial charge on any atom is -0.365 e. The molecule has 0 aliphatic carbocycles. The lowest BCUT2D eigenvalue weighted by atomic mass is 10.1. The van der Waals surface area contributed by atoms with Crippen LogP contribution in [-0.2, 0) is 34.0 Å². The number of halogens is 3. The van der Waals surface area contributed by atoms with Gasteiger partial charge in [-0.15, -0.1) is 0 Å². The number of benzene rings is 1. The van der Waals surface area contributed by atoms with Crippen molar-refractivity contribution in [2.45, 2.75) is 26.1 Å². The molecule has 3 N–H and O–H groups in total. The van der Waals surface area contributed by atoms with Gasteiger partial charge in [-0.2, -0.15) is 18.2 Å². The largest absolute Gasteiger partial charge is 0.421 e. The van der Waals surface area contributed by atoms with E-state index in [4.69, 9.17) is 0 Å². The second kappa shape index (κ2) is 9.60. The summed E-state index contributed by atoms with van der Waals surface area (Å²) in [6.07, 6.45) is -2.51. The maximum Gasteiger partial charge on any atom is 0.421 e. The number of carbonyl (C=O) groups is 1. The van der Waals surface area contributed by atoms with Crippen LogP contribution in [0.2, 0.25) is 0 Å². The van der Waals surface area contributed by atoms with E-state index in [1.54, 1.807) is 30.3 Å². The molecule has 3 aromatic rings. The number of alkyl halides is 3. The molecular weight excluding hydrogens is 499 g/mol. The number of hydrogen-bond donors (Lipinski definition) is 3. The van der Waals surface area contributed by atoms with Crippen LogP contribution in [0, 0.1) is 0 Å². The Bertz CT molecular complexity index is 1410. The fourth-order valence-corrected chi connectivity index (χ4v) is 4.43. The molecule has 1 amide bonds. The van der Waals surface area contributed by atoms with Gasteiger partial charge < -0.3 is 16.0 Å². The number of pyridine rings is 1. The Hall–Kier alpha value is -3.94. The zero-order valence-electron chi connectivity index (χ0n) is 19.2. The monoisotopic (exact) mass is 521 g/mol. The molecule has 0 spiro atoms.